The maximum atomic E-state index is 5.51. The Morgan fingerprint density at radius 1 is 1.18 bits per heavy atom. The number of nitrogens with one attached hydrogen (secondary N) is 1. The van der Waals surface area contributed by atoms with E-state index in [1.807, 2.05) is 0 Å². The number of unbranched alkanes of at least 4 members (excludes halogenated alkanes) is 1. The van der Waals surface area contributed by atoms with Gasteiger partial charge in [0.15, 0.2) is 0 Å². The molecule has 17 heavy (non-hydrogen) atoms. The number of rotatable bonds is 8. The highest BCUT2D eigenvalue weighted by atomic mass is 16.5. The predicted molar refractivity (Wildman–Crippen MR) is 74.8 cm³/mol. The van der Waals surface area contributed by atoms with Gasteiger partial charge in [-0.25, -0.2) is 0 Å². The van der Waals surface area contributed by atoms with Gasteiger partial charge < -0.3 is 10.1 Å². The molecule has 0 spiro atoms. The minimum Gasteiger partial charge on any atom is -0.383 e. The zero-order chi connectivity index (χ0) is 12.5. The molecule has 0 atom stereocenters. The Morgan fingerprint density at radius 3 is 2.65 bits per heavy atom. The average Bonchev–Trinajstić information content (AvgIpc) is 2.34. The summed E-state index contributed by atoms with van der Waals surface area (Å²) in [5.74, 6) is 0. The Morgan fingerprint density at radius 2 is 2.00 bits per heavy atom. The number of benzene rings is 1. The van der Waals surface area contributed by atoms with E-state index < -0.39 is 0 Å². The monoisotopic (exact) mass is 235 g/mol. The van der Waals surface area contributed by atoms with Crippen LogP contribution in [0, 0.1) is 6.92 Å². The van der Waals surface area contributed by atoms with Gasteiger partial charge in [-0.15, -0.1) is 0 Å². The lowest BCUT2D eigenvalue weighted by atomic mass is 10.1. The summed E-state index contributed by atoms with van der Waals surface area (Å²) in [6, 6.07) is 6.57. The molecule has 1 aromatic rings. The Hall–Kier alpha value is -1.02. The molecule has 0 unspecified atom stereocenters. The SMILES string of the molecule is CCCCOCCNc1ccc(CC)c(C)c1. The van der Waals surface area contributed by atoms with E-state index in [1.165, 1.54) is 23.2 Å². The summed E-state index contributed by atoms with van der Waals surface area (Å²) in [5.41, 5.74) is 3.98. The van der Waals surface area contributed by atoms with Crippen molar-refractivity contribution in [3.05, 3.63) is 29.3 Å². The van der Waals surface area contributed by atoms with Gasteiger partial charge >= 0.3 is 0 Å². The molecule has 0 aliphatic heterocycles. The van der Waals surface area contributed by atoms with E-state index in [0.717, 1.165) is 32.6 Å². The molecule has 1 aromatic carbocycles. The van der Waals surface area contributed by atoms with Crippen molar-refractivity contribution in [2.75, 3.05) is 25.1 Å². The van der Waals surface area contributed by atoms with Gasteiger partial charge in [0.05, 0.1) is 6.61 Å². The van der Waals surface area contributed by atoms with E-state index in [2.05, 4.69) is 44.3 Å². The van der Waals surface area contributed by atoms with Crippen LogP contribution in [0.3, 0.4) is 0 Å². The fraction of sp³-hybridized carbons (Fsp3) is 0.600. The van der Waals surface area contributed by atoms with Crippen molar-refractivity contribution in [3.63, 3.8) is 0 Å². The third kappa shape index (κ3) is 5.22. The number of hydrogen-bond acceptors (Lipinski definition) is 2. The van der Waals surface area contributed by atoms with Crippen molar-refractivity contribution in [2.45, 2.75) is 40.0 Å². The molecule has 96 valence electrons. The summed E-state index contributed by atoms with van der Waals surface area (Å²) in [5, 5.41) is 3.39. The van der Waals surface area contributed by atoms with Crippen LogP contribution < -0.4 is 5.32 Å². The fourth-order valence-electron chi connectivity index (χ4n) is 1.82. The second-order valence-electron chi connectivity index (χ2n) is 4.39. The van der Waals surface area contributed by atoms with Crippen LogP contribution in [0.25, 0.3) is 0 Å². The van der Waals surface area contributed by atoms with Crippen LogP contribution in [0.2, 0.25) is 0 Å². The average molecular weight is 235 g/mol. The molecule has 1 N–H and O–H groups in total. The van der Waals surface area contributed by atoms with Gasteiger partial charge in [-0.3, -0.25) is 0 Å². The Bertz CT molecular complexity index is 323. The van der Waals surface area contributed by atoms with Crippen LogP contribution in [0.15, 0.2) is 18.2 Å². The topological polar surface area (TPSA) is 21.3 Å². The van der Waals surface area contributed by atoms with Gasteiger partial charge in [0, 0.05) is 18.8 Å². The maximum Gasteiger partial charge on any atom is 0.0639 e. The highest BCUT2D eigenvalue weighted by molar-refractivity contribution is 5.48. The molecular weight excluding hydrogens is 210 g/mol. The van der Waals surface area contributed by atoms with Crippen LogP contribution >= 0.6 is 0 Å². The zero-order valence-corrected chi connectivity index (χ0v) is 11.4. The van der Waals surface area contributed by atoms with Crippen LogP contribution in [0.1, 0.15) is 37.8 Å². The van der Waals surface area contributed by atoms with E-state index in [9.17, 15) is 0 Å². The van der Waals surface area contributed by atoms with Gasteiger partial charge in [0.2, 0.25) is 0 Å². The molecule has 0 bridgehead atoms. The molecule has 0 amide bonds. The van der Waals surface area contributed by atoms with Crippen molar-refractivity contribution in [1.82, 2.24) is 0 Å². The first-order chi connectivity index (χ1) is 8.27. The summed E-state index contributed by atoms with van der Waals surface area (Å²) in [6.45, 7) is 9.09. The molecule has 2 nitrogen and oxygen atoms in total. The highest BCUT2D eigenvalue weighted by Crippen LogP contribution is 2.15. The first-order valence-electron chi connectivity index (χ1n) is 6.69. The molecule has 0 saturated heterocycles. The summed E-state index contributed by atoms with van der Waals surface area (Å²) in [6.07, 6.45) is 3.46. The van der Waals surface area contributed by atoms with E-state index in [1.54, 1.807) is 0 Å². The molecule has 0 aliphatic carbocycles. The van der Waals surface area contributed by atoms with Crippen LogP contribution in [-0.2, 0) is 11.2 Å². The molecule has 0 fully saturated rings. The van der Waals surface area contributed by atoms with Crippen LogP contribution in [0.4, 0.5) is 5.69 Å². The summed E-state index contributed by atoms with van der Waals surface area (Å²) in [7, 11) is 0. The Kier molecular flexibility index (Phi) is 6.71. The lowest BCUT2D eigenvalue weighted by Crippen LogP contribution is -2.10. The lowest BCUT2D eigenvalue weighted by Gasteiger charge is -2.10. The summed E-state index contributed by atoms with van der Waals surface area (Å²) >= 11 is 0. The summed E-state index contributed by atoms with van der Waals surface area (Å²) < 4.78 is 5.51. The van der Waals surface area contributed by atoms with Gasteiger partial charge in [0.25, 0.3) is 0 Å². The number of aryl methyl sites for hydroxylation is 2. The Labute approximate surface area is 105 Å². The smallest absolute Gasteiger partial charge is 0.0639 e. The van der Waals surface area contributed by atoms with E-state index >= 15 is 0 Å². The third-order valence-electron chi connectivity index (χ3n) is 2.94. The second-order valence-corrected chi connectivity index (χ2v) is 4.39. The lowest BCUT2D eigenvalue weighted by molar-refractivity contribution is 0.141. The van der Waals surface area contributed by atoms with Gasteiger partial charge in [-0.05, 0) is 43.0 Å². The van der Waals surface area contributed by atoms with E-state index in [0.29, 0.717) is 0 Å². The minimum absolute atomic E-state index is 0.786. The van der Waals surface area contributed by atoms with Crippen molar-refractivity contribution < 1.29 is 4.74 Å². The molecule has 0 aromatic heterocycles. The second kappa shape index (κ2) is 8.13. The summed E-state index contributed by atoms with van der Waals surface area (Å²) in [4.78, 5) is 0. The number of anilines is 1. The highest BCUT2D eigenvalue weighted by Gasteiger charge is 1.97. The molecule has 0 aliphatic rings. The minimum atomic E-state index is 0.786. The molecule has 0 saturated carbocycles. The standard InChI is InChI=1S/C15H25NO/c1-4-6-10-17-11-9-16-15-8-7-14(5-2)13(3)12-15/h7-8,12,16H,4-6,9-11H2,1-3H3. The number of hydrogen-bond donors (Lipinski definition) is 1. The molecule has 0 heterocycles. The van der Waals surface area contributed by atoms with Crippen molar-refractivity contribution in [1.29, 1.82) is 0 Å². The molecular formula is C15H25NO. The quantitative estimate of drug-likeness (QED) is 0.692. The molecule has 0 radical (unpaired) electrons. The van der Waals surface area contributed by atoms with Crippen molar-refractivity contribution in [2.24, 2.45) is 0 Å². The zero-order valence-electron chi connectivity index (χ0n) is 11.4. The first kappa shape index (κ1) is 14.0. The number of ether oxygens (including phenoxy) is 1. The van der Waals surface area contributed by atoms with Gasteiger partial charge in [-0.2, -0.15) is 0 Å². The largest absolute Gasteiger partial charge is 0.383 e. The molecule has 2 heteroatoms. The van der Waals surface area contributed by atoms with Crippen LogP contribution in [-0.4, -0.2) is 19.8 Å². The van der Waals surface area contributed by atoms with E-state index in [-0.39, 0.29) is 0 Å². The fourth-order valence-corrected chi connectivity index (χ4v) is 1.82. The van der Waals surface area contributed by atoms with Crippen LogP contribution in [0.5, 0.6) is 0 Å². The predicted octanol–water partition coefficient (Wildman–Crippen LogP) is 3.79. The van der Waals surface area contributed by atoms with Gasteiger partial charge in [-0.1, -0.05) is 26.3 Å². The van der Waals surface area contributed by atoms with Crippen molar-refractivity contribution in [3.8, 4) is 0 Å². The Balaban J connectivity index is 2.25. The third-order valence-corrected chi connectivity index (χ3v) is 2.94. The first-order valence-corrected chi connectivity index (χ1v) is 6.69. The van der Waals surface area contributed by atoms with Gasteiger partial charge in [0.1, 0.15) is 0 Å². The maximum absolute atomic E-state index is 5.51. The molecule has 1 rings (SSSR count). The normalized spacial score (nSPS) is 10.5. The van der Waals surface area contributed by atoms with Crippen molar-refractivity contribution >= 4 is 5.69 Å². The van der Waals surface area contributed by atoms with E-state index in [4.69, 9.17) is 4.74 Å².